The summed E-state index contributed by atoms with van der Waals surface area (Å²) < 4.78 is 41.7. The van der Waals surface area contributed by atoms with Gasteiger partial charge in [0.25, 0.3) is 5.91 Å². The summed E-state index contributed by atoms with van der Waals surface area (Å²) in [7, 11) is 0. The quantitative estimate of drug-likeness (QED) is 0.795. The second-order valence-electron chi connectivity index (χ2n) is 4.74. The van der Waals surface area contributed by atoms with Crippen molar-refractivity contribution < 1.29 is 22.7 Å². The summed E-state index contributed by atoms with van der Waals surface area (Å²) in [4.78, 5) is 12.2. The molecule has 0 unspecified atom stereocenters. The van der Waals surface area contributed by atoms with Crippen molar-refractivity contribution in [2.24, 2.45) is 0 Å². The lowest BCUT2D eigenvalue weighted by molar-refractivity contribution is -0.173. The van der Waals surface area contributed by atoms with Crippen molar-refractivity contribution in [3.8, 4) is 5.69 Å². The molecule has 0 aliphatic rings. The molecule has 124 valence electrons. The first-order valence-corrected chi connectivity index (χ1v) is 6.99. The number of alkyl halides is 3. The number of ether oxygens (including phenoxy) is 1. The van der Waals surface area contributed by atoms with Crippen LogP contribution < -0.4 is 5.32 Å². The van der Waals surface area contributed by atoms with Gasteiger partial charge in [-0.3, -0.25) is 4.79 Å². The summed E-state index contributed by atoms with van der Waals surface area (Å²) in [6.07, 6.45) is -0.707. The van der Waals surface area contributed by atoms with Crippen LogP contribution >= 0.6 is 0 Å². The van der Waals surface area contributed by atoms with Crippen LogP contribution in [0.2, 0.25) is 0 Å². The Balaban J connectivity index is 1.83. The summed E-state index contributed by atoms with van der Waals surface area (Å²) in [6, 6.07) is 8.68. The Bertz CT molecular complexity index is 627. The van der Waals surface area contributed by atoms with Gasteiger partial charge in [-0.05, 0) is 24.6 Å². The topological polar surface area (TPSA) is 56.1 Å². The molecule has 0 bridgehead atoms. The van der Waals surface area contributed by atoms with E-state index in [1.54, 1.807) is 47.4 Å². The van der Waals surface area contributed by atoms with E-state index in [-0.39, 0.29) is 19.1 Å². The minimum absolute atomic E-state index is 0.0689. The number of aromatic nitrogens is 2. The van der Waals surface area contributed by atoms with Crippen molar-refractivity contribution >= 4 is 5.91 Å². The van der Waals surface area contributed by atoms with Crippen LogP contribution in [0.4, 0.5) is 13.2 Å². The lowest BCUT2D eigenvalue weighted by Crippen LogP contribution is -2.27. The standard InChI is InChI=1S/C15H16F3N3O2/c16-15(17,18)11-23-10-4-7-19-14(22)12-5-1-2-6-13(12)21-9-3-8-20-21/h1-3,5-6,8-9H,4,7,10-11H2,(H,19,22). The molecule has 1 aromatic carbocycles. The first-order valence-electron chi connectivity index (χ1n) is 6.99. The number of nitrogens with one attached hydrogen (secondary N) is 1. The normalized spacial score (nSPS) is 11.4. The monoisotopic (exact) mass is 327 g/mol. The van der Waals surface area contributed by atoms with Crippen LogP contribution in [-0.2, 0) is 4.74 Å². The van der Waals surface area contributed by atoms with E-state index in [1.165, 1.54) is 0 Å². The highest BCUT2D eigenvalue weighted by atomic mass is 19.4. The molecule has 0 aliphatic carbocycles. The average molecular weight is 327 g/mol. The molecule has 2 rings (SSSR count). The van der Waals surface area contributed by atoms with E-state index in [0.717, 1.165) is 0 Å². The van der Waals surface area contributed by atoms with E-state index in [4.69, 9.17) is 0 Å². The molecule has 0 radical (unpaired) electrons. The van der Waals surface area contributed by atoms with Crippen LogP contribution in [0.3, 0.4) is 0 Å². The zero-order valence-corrected chi connectivity index (χ0v) is 12.2. The molecule has 0 spiro atoms. The maximum absolute atomic E-state index is 12.2. The molecular formula is C15H16F3N3O2. The zero-order chi connectivity index (χ0) is 16.7. The van der Waals surface area contributed by atoms with Gasteiger partial charge in [-0.1, -0.05) is 12.1 Å². The SMILES string of the molecule is O=C(NCCCOCC(F)(F)F)c1ccccc1-n1cccn1. The molecule has 23 heavy (non-hydrogen) atoms. The number of rotatable bonds is 7. The van der Waals surface area contributed by atoms with Gasteiger partial charge in [0.15, 0.2) is 0 Å². The molecule has 2 aromatic rings. The summed E-state index contributed by atoms with van der Waals surface area (Å²) in [5.41, 5.74) is 1.07. The van der Waals surface area contributed by atoms with E-state index < -0.39 is 12.8 Å². The molecule has 0 atom stereocenters. The number of carbonyl (C=O) groups is 1. The molecule has 0 aliphatic heterocycles. The van der Waals surface area contributed by atoms with Crippen molar-refractivity contribution in [1.29, 1.82) is 0 Å². The number of hydrogen-bond donors (Lipinski definition) is 1. The van der Waals surface area contributed by atoms with Crippen LogP contribution in [0.1, 0.15) is 16.8 Å². The third kappa shape index (κ3) is 5.41. The fourth-order valence-electron chi connectivity index (χ4n) is 1.94. The molecule has 1 heterocycles. The van der Waals surface area contributed by atoms with Crippen LogP contribution in [0, 0.1) is 0 Å². The lowest BCUT2D eigenvalue weighted by atomic mass is 10.1. The van der Waals surface area contributed by atoms with Gasteiger partial charge in [-0.25, -0.2) is 4.68 Å². The van der Waals surface area contributed by atoms with E-state index in [1.807, 2.05) is 0 Å². The summed E-state index contributed by atoms with van der Waals surface area (Å²) >= 11 is 0. The lowest BCUT2D eigenvalue weighted by Gasteiger charge is -2.11. The number of benzene rings is 1. The summed E-state index contributed by atoms with van der Waals surface area (Å²) in [6.45, 7) is -1.12. The van der Waals surface area contributed by atoms with Crippen LogP contribution in [0.15, 0.2) is 42.7 Å². The Morgan fingerprint density at radius 3 is 2.74 bits per heavy atom. The van der Waals surface area contributed by atoms with Gasteiger partial charge in [0.1, 0.15) is 6.61 Å². The molecule has 0 saturated heterocycles. The Kier molecular flexibility index (Phi) is 5.75. The van der Waals surface area contributed by atoms with E-state index in [2.05, 4.69) is 15.2 Å². The van der Waals surface area contributed by atoms with Crippen LogP contribution in [0.25, 0.3) is 5.69 Å². The third-order valence-corrected chi connectivity index (χ3v) is 2.92. The van der Waals surface area contributed by atoms with Gasteiger partial charge in [0.05, 0.1) is 11.3 Å². The Morgan fingerprint density at radius 2 is 2.04 bits per heavy atom. The molecule has 0 saturated carbocycles. The molecule has 0 fully saturated rings. The van der Waals surface area contributed by atoms with Crippen molar-refractivity contribution in [1.82, 2.24) is 15.1 Å². The Labute approximate surface area is 131 Å². The second kappa shape index (κ2) is 7.77. The molecule has 5 nitrogen and oxygen atoms in total. The van der Waals surface area contributed by atoms with E-state index in [9.17, 15) is 18.0 Å². The van der Waals surface area contributed by atoms with Crippen LogP contribution in [-0.4, -0.2) is 41.6 Å². The smallest absolute Gasteiger partial charge is 0.372 e. The van der Waals surface area contributed by atoms with Crippen molar-refractivity contribution in [3.05, 3.63) is 48.3 Å². The molecule has 1 amide bonds. The highest BCUT2D eigenvalue weighted by molar-refractivity contribution is 5.97. The Hall–Kier alpha value is -2.35. The average Bonchev–Trinajstić information content (AvgIpc) is 3.03. The van der Waals surface area contributed by atoms with Gasteiger partial charge in [-0.15, -0.1) is 0 Å². The number of para-hydroxylation sites is 1. The predicted octanol–water partition coefficient (Wildman–Crippen LogP) is 2.57. The number of amides is 1. The number of nitrogens with zero attached hydrogens (tertiary/aromatic N) is 2. The van der Waals surface area contributed by atoms with Crippen molar-refractivity contribution in [2.45, 2.75) is 12.6 Å². The number of hydrogen-bond acceptors (Lipinski definition) is 3. The fourth-order valence-corrected chi connectivity index (χ4v) is 1.94. The van der Waals surface area contributed by atoms with Crippen molar-refractivity contribution in [2.75, 3.05) is 19.8 Å². The second-order valence-corrected chi connectivity index (χ2v) is 4.74. The molecular weight excluding hydrogens is 311 g/mol. The van der Waals surface area contributed by atoms with Gasteiger partial charge in [-0.2, -0.15) is 18.3 Å². The fraction of sp³-hybridized carbons (Fsp3) is 0.333. The molecule has 8 heteroatoms. The largest absolute Gasteiger partial charge is 0.411 e. The summed E-state index contributed by atoms with van der Waals surface area (Å²) in [5, 5.41) is 6.74. The minimum Gasteiger partial charge on any atom is -0.372 e. The van der Waals surface area contributed by atoms with Crippen molar-refractivity contribution in [3.63, 3.8) is 0 Å². The molecule has 1 aromatic heterocycles. The minimum atomic E-state index is -4.33. The number of halogens is 3. The summed E-state index contributed by atoms with van der Waals surface area (Å²) in [5.74, 6) is -0.313. The molecule has 1 N–H and O–H groups in total. The van der Waals surface area contributed by atoms with Gasteiger partial charge in [0.2, 0.25) is 0 Å². The highest BCUT2D eigenvalue weighted by Crippen LogP contribution is 2.15. The maximum atomic E-state index is 12.2. The zero-order valence-electron chi connectivity index (χ0n) is 12.2. The predicted molar refractivity (Wildman–Crippen MR) is 77.4 cm³/mol. The van der Waals surface area contributed by atoms with E-state index >= 15 is 0 Å². The highest BCUT2D eigenvalue weighted by Gasteiger charge is 2.27. The maximum Gasteiger partial charge on any atom is 0.411 e. The third-order valence-electron chi connectivity index (χ3n) is 2.92. The first-order chi connectivity index (χ1) is 11.0. The van der Waals surface area contributed by atoms with Gasteiger partial charge in [0, 0.05) is 25.5 Å². The van der Waals surface area contributed by atoms with E-state index in [0.29, 0.717) is 17.7 Å². The first kappa shape index (κ1) is 17.0. The van der Waals surface area contributed by atoms with Gasteiger partial charge >= 0.3 is 6.18 Å². The van der Waals surface area contributed by atoms with Crippen LogP contribution in [0.5, 0.6) is 0 Å². The Morgan fingerprint density at radius 1 is 1.26 bits per heavy atom. The van der Waals surface area contributed by atoms with Gasteiger partial charge < -0.3 is 10.1 Å². The number of carbonyl (C=O) groups excluding carboxylic acids is 1.